The molecule has 4 rings (SSSR count). The van der Waals surface area contributed by atoms with E-state index in [2.05, 4.69) is 9.98 Å². The molecule has 3 heterocycles. The van der Waals surface area contributed by atoms with Crippen LogP contribution < -0.4 is 4.74 Å². The number of para-hydroxylation sites is 1. The lowest BCUT2D eigenvalue weighted by Crippen LogP contribution is -2.35. The molecule has 0 fully saturated rings. The Bertz CT molecular complexity index is 1150. The first-order valence-corrected chi connectivity index (χ1v) is 9.79. The van der Waals surface area contributed by atoms with E-state index >= 15 is 0 Å². The van der Waals surface area contributed by atoms with Crippen molar-refractivity contribution in [3.63, 3.8) is 0 Å². The molecule has 1 aliphatic heterocycles. The number of nitrogens with zero attached hydrogens (tertiary/aromatic N) is 3. The van der Waals surface area contributed by atoms with Crippen LogP contribution in [0.5, 0.6) is 5.75 Å². The maximum atomic E-state index is 12.7. The number of fused-ring (bicyclic) bond motifs is 1. The predicted molar refractivity (Wildman–Crippen MR) is 110 cm³/mol. The molecule has 0 radical (unpaired) electrons. The number of aliphatic imine (C=N–C) groups is 1. The lowest BCUT2D eigenvalue weighted by molar-refractivity contribution is -0.153. The van der Waals surface area contributed by atoms with Crippen molar-refractivity contribution in [2.24, 2.45) is 4.99 Å². The molecular formula is C21H19ClF3N3O3. The maximum absolute atomic E-state index is 12.7. The van der Waals surface area contributed by atoms with Gasteiger partial charge in [-0.15, -0.1) is 0 Å². The number of aromatic nitrogens is 2. The second-order valence-corrected chi connectivity index (χ2v) is 8.18. The van der Waals surface area contributed by atoms with Gasteiger partial charge >= 0.3 is 6.18 Å². The molecule has 10 heteroatoms. The standard InChI is InChI=1S/C21H19ClF3N3O3/c1-20(2,29)17-10-30-19(27-17)15-9-28-8-12(22)7-14(18(28)26-15)13-5-3-4-6-16(13)31-11-21(23,24)25/h3-9,17,29H,10-11H2,1-2H3. The van der Waals surface area contributed by atoms with Crippen LogP contribution in [0.25, 0.3) is 16.8 Å². The molecule has 1 atom stereocenters. The first-order chi connectivity index (χ1) is 14.5. The Balaban J connectivity index is 1.77. The zero-order valence-corrected chi connectivity index (χ0v) is 17.4. The molecule has 0 spiro atoms. The molecule has 164 valence electrons. The summed E-state index contributed by atoms with van der Waals surface area (Å²) in [7, 11) is 0. The van der Waals surface area contributed by atoms with Gasteiger partial charge in [-0.05, 0) is 26.0 Å². The van der Waals surface area contributed by atoms with Crippen molar-refractivity contribution in [2.75, 3.05) is 13.2 Å². The number of halogens is 4. The minimum Gasteiger partial charge on any atom is -0.483 e. The van der Waals surface area contributed by atoms with E-state index in [0.29, 0.717) is 27.5 Å². The van der Waals surface area contributed by atoms with Crippen LogP contribution in [0.15, 0.2) is 47.7 Å². The number of hydrogen-bond donors (Lipinski definition) is 1. The van der Waals surface area contributed by atoms with Gasteiger partial charge < -0.3 is 19.0 Å². The fourth-order valence-electron chi connectivity index (χ4n) is 3.22. The number of alkyl halides is 3. The lowest BCUT2D eigenvalue weighted by atomic mass is 10.0. The molecule has 1 N–H and O–H groups in total. The Morgan fingerprint density at radius 3 is 2.65 bits per heavy atom. The smallest absolute Gasteiger partial charge is 0.422 e. The van der Waals surface area contributed by atoms with Crippen molar-refractivity contribution in [1.29, 1.82) is 0 Å². The molecule has 3 aromatic rings. The van der Waals surface area contributed by atoms with Crippen LogP contribution in [0.1, 0.15) is 19.5 Å². The van der Waals surface area contributed by atoms with Gasteiger partial charge in [0.1, 0.15) is 29.7 Å². The van der Waals surface area contributed by atoms with Gasteiger partial charge in [0.05, 0.1) is 10.6 Å². The van der Waals surface area contributed by atoms with Gasteiger partial charge in [-0.3, -0.25) is 0 Å². The van der Waals surface area contributed by atoms with Crippen LogP contribution in [-0.4, -0.2) is 51.4 Å². The SMILES string of the molecule is CC(C)(O)C1COC(c2cn3cc(Cl)cc(-c4ccccc4OCC(F)(F)F)c3n2)=N1. The quantitative estimate of drug-likeness (QED) is 0.617. The third-order valence-electron chi connectivity index (χ3n) is 4.77. The summed E-state index contributed by atoms with van der Waals surface area (Å²) < 4.78 is 50.3. The minimum absolute atomic E-state index is 0.0603. The molecule has 1 aromatic carbocycles. The second kappa shape index (κ2) is 7.72. The van der Waals surface area contributed by atoms with E-state index in [1.165, 1.54) is 6.07 Å². The second-order valence-electron chi connectivity index (χ2n) is 7.74. The van der Waals surface area contributed by atoms with Gasteiger partial charge in [0.25, 0.3) is 0 Å². The van der Waals surface area contributed by atoms with E-state index in [1.807, 2.05) is 0 Å². The fourth-order valence-corrected chi connectivity index (χ4v) is 3.43. The van der Waals surface area contributed by atoms with Gasteiger partial charge in [0.15, 0.2) is 6.61 Å². The van der Waals surface area contributed by atoms with Crippen molar-refractivity contribution in [2.45, 2.75) is 31.7 Å². The molecule has 31 heavy (non-hydrogen) atoms. The Kier molecular flexibility index (Phi) is 5.35. The van der Waals surface area contributed by atoms with Crippen LogP contribution >= 0.6 is 11.6 Å². The molecule has 6 nitrogen and oxygen atoms in total. The highest BCUT2D eigenvalue weighted by Gasteiger charge is 2.33. The highest BCUT2D eigenvalue weighted by Crippen LogP contribution is 2.35. The number of ether oxygens (including phenoxy) is 2. The fraction of sp³-hybridized carbons (Fsp3) is 0.333. The molecule has 0 saturated carbocycles. The van der Waals surface area contributed by atoms with E-state index in [1.54, 1.807) is 54.9 Å². The Labute approximate surface area is 180 Å². The summed E-state index contributed by atoms with van der Waals surface area (Å²) in [5, 5.41) is 10.5. The van der Waals surface area contributed by atoms with Crippen molar-refractivity contribution in [3.05, 3.63) is 53.4 Å². The van der Waals surface area contributed by atoms with E-state index in [9.17, 15) is 18.3 Å². The van der Waals surface area contributed by atoms with Crippen molar-refractivity contribution >= 4 is 23.1 Å². The van der Waals surface area contributed by atoms with Gasteiger partial charge in [-0.1, -0.05) is 29.8 Å². The largest absolute Gasteiger partial charge is 0.483 e. The maximum Gasteiger partial charge on any atom is 0.422 e. The molecule has 1 unspecified atom stereocenters. The normalized spacial score (nSPS) is 17.0. The molecule has 0 aliphatic carbocycles. The van der Waals surface area contributed by atoms with Crippen LogP contribution in [0.3, 0.4) is 0 Å². The molecule has 0 saturated heterocycles. The van der Waals surface area contributed by atoms with Gasteiger partial charge in [0, 0.05) is 23.5 Å². The number of imidazole rings is 1. The summed E-state index contributed by atoms with van der Waals surface area (Å²) in [6, 6.07) is 7.55. The average Bonchev–Trinajstić information content (AvgIpc) is 3.32. The molecule has 1 aliphatic rings. The number of benzene rings is 1. The van der Waals surface area contributed by atoms with Crippen LogP contribution in [0.4, 0.5) is 13.2 Å². The van der Waals surface area contributed by atoms with Gasteiger partial charge in [0.2, 0.25) is 5.90 Å². The van der Waals surface area contributed by atoms with Crippen LogP contribution in [0, 0.1) is 0 Å². The van der Waals surface area contributed by atoms with E-state index in [-0.39, 0.29) is 18.3 Å². The average molecular weight is 454 g/mol. The summed E-state index contributed by atoms with van der Waals surface area (Å²) in [6.07, 6.45) is -1.18. The zero-order valence-electron chi connectivity index (χ0n) is 16.7. The lowest BCUT2D eigenvalue weighted by Gasteiger charge is -2.20. The van der Waals surface area contributed by atoms with Gasteiger partial charge in [-0.2, -0.15) is 13.2 Å². The summed E-state index contributed by atoms with van der Waals surface area (Å²) in [5.74, 6) is 0.338. The molecule has 0 bridgehead atoms. The third-order valence-corrected chi connectivity index (χ3v) is 4.98. The Morgan fingerprint density at radius 1 is 1.23 bits per heavy atom. The summed E-state index contributed by atoms with van der Waals surface area (Å²) in [5.41, 5.74) is 0.725. The summed E-state index contributed by atoms with van der Waals surface area (Å²) >= 11 is 6.26. The first-order valence-electron chi connectivity index (χ1n) is 9.42. The number of aliphatic hydroxyl groups is 1. The number of rotatable bonds is 5. The monoisotopic (exact) mass is 453 g/mol. The van der Waals surface area contributed by atoms with Gasteiger partial charge in [-0.25, -0.2) is 9.98 Å². The van der Waals surface area contributed by atoms with E-state index in [0.717, 1.165) is 0 Å². The zero-order chi connectivity index (χ0) is 22.4. The first kappa shape index (κ1) is 21.5. The summed E-state index contributed by atoms with van der Waals surface area (Å²) in [4.78, 5) is 8.98. The number of pyridine rings is 1. The molecule has 0 amide bonds. The Hall–Kier alpha value is -2.78. The molecular weight excluding hydrogens is 435 g/mol. The van der Waals surface area contributed by atoms with Crippen molar-refractivity contribution in [1.82, 2.24) is 9.38 Å². The van der Waals surface area contributed by atoms with Crippen LogP contribution in [-0.2, 0) is 4.74 Å². The van der Waals surface area contributed by atoms with Crippen molar-refractivity contribution in [3.8, 4) is 16.9 Å². The highest BCUT2D eigenvalue weighted by atomic mass is 35.5. The third kappa shape index (κ3) is 4.62. The van der Waals surface area contributed by atoms with Crippen molar-refractivity contribution < 1.29 is 27.8 Å². The Morgan fingerprint density at radius 2 is 1.97 bits per heavy atom. The number of hydrogen-bond acceptors (Lipinski definition) is 5. The van der Waals surface area contributed by atoms with E-state index in [4.69, 9.17) is 21.1 Å². The van der Waals surface area contributed by atoms with Crippen LogP contribution in [0.2, 0.25) is 5.02 Å². The van der Waals surface area contributed by atoms with E-state index < -0.39 is 24.4 Å². The predicted octanol–water partition coefficient (Wildman–Crippen LogP) is 4.51. The highest BCUT2D eigenvalue weighted by molar-refractivity contribution is 6.31. The molecule has 2 aromatic heterocycles. The minimum atomic E-state index is -4.47. The topological polar surface area (TPSA) is 68.4 Å². The summed E-state index contributed by atoms with van der Waals surface area (Å²) in [6.45, 7) is 2.10.